The van der Waals surface area contributed by atoms with Gasteiger partial charge >= 0.3 is 0 Å². The van der Waals surface area contributed by atoms with Crippen LogP contribution < -0.4 is 9.47 Å². The number of aryl methyl sites for hydroxylation is 1. The molecule has 7 heteroatoms. The van der Waals surface area contributed by atoms with Crippen molar-refractivity contribution < 1.29 is 22.7 Å². The second-order valence-corrected chi connectivity index (χ2v) is 9.23. The Labute approximate surface area is 166 Å². The highest BCUT2D eigenvalue weighted by atomic mass is 32.2. The van der Waals surface area contributed by atoms with Gasteiger partial charge in [0.2, 0.25) is 0 Å². The van der Waals surface area contributed by atoms with Gasteiger partial charge in [-0.1, -0.05) is 42.0 Å². The Bertz CT molecular complexity index is 924. The summed E-state index contributed by atoms with van der Waals surface area (Å²) in [5, 5.41) is 0. The average Bonchev–Trinajstić information content (AvgIpc) is 3.05. The number of hydrogen-bond acceptors (Lipinski definition) is 5. The first-order valence-corrected chi connectivity index (χ1v) is 11.0. The maximum absolute atomic E-state index is 13.0. The average molecular weight is 404 g/mol. The van der Waals surface area contributed by atoms with E-state index in [2.05, 4.69) is 0 Å². The number of carbonyl (C=O) groups is 1. The van der Waals surface area contributed by atoms with Gasteiger partial charge in [0, 0.05) is 12.6 Å². The number of hydrogen-bond donors (Lipinski definition) is 0. The molecule has 1 amide bonds. The fraction of sp³-hybridized carbons (Fsp3) is 0.381. The number of rotatable bonds is 7. The number of amides is 1. The molecule has 0 bridgehead atoms. The van der Waals surface area contributed by atoms with Crippen LogP contribution in [-0.2, 0) is 21.2 Å². The Kier molecular flexibility index (Phi) is 6.24. The standard InChI is InChI=1S/C21H25NO5S/c1-16-7-9-17(10-8-16)13-22(18-11-12-28(24,25)15-18)21(23)14-27-20-6-4-3-5-19(20)26-2/h3-10,18H,11-15H2,1-2H3. The molecule has 2 aromatic rings. The number of carbonyl (C=O) groups excluding carboxylic acids is 1. The van der Waals surface area contributed by atoms with Crippen LogP contribution in [0, 0.1) is 6.92 Å². The third-order valence-corrected chi connectivity index (χ3v) is 6.61. The number of ether oxygens (including phenoxy) is 2. The maximum Gasteiger partial charge on any atom is 0.261 e. The van der Waals surface area contributed by atoms with Crippen molar-refractivity contribution >= 4 is 15.7 Å². The van der Waals surface area contributed by atoms with Crippen LogP contribution in [0.15, 0.2) is 48.5 Å². The van der Waals surface area contributed by atoms with Gasteiger partial charge in [0.1, 0.15) is 0 Å². The molecule has 1 fully saturated rings. The van der Waals surface area contributed by atoms with Gasteiger partial charge in [0.25, 0.3) is 5.91 Å². The molecule has 28 heavy (non-hydrogen) atoms. The lowest BCUT2D eigenvalue weighted by Crippen LogP contribution is -2.43. The highest BCUT2D eigenvalue weighted by molar-refractivity contribution is 7.91. The lowest BCUT2D eigenvalue weighted by Gasteiger charge is -2.28. The molecule has 0 spiro atoms. The van der Waals surface area contributed by atoms with Gasteiger partial charge in [-0.15, -0.1) is 0 Å². The zero-order valence-electron chi connectivity index (χ0n) is 16.1. The summed E-state index contributed by atoms with van der Waals surface area (Å²) in [4.78, 5) is 14.6. The van der Waals surface area contributed by atoms with Gasteiger partial charge in [-0.3, -0.25) is 4.79 Å². The van der Waals surface area contributed by atoms with E-state index >= 15 is 0 Å². The number of nitrogens with zero attached hydrogens (tertiary/aromatic N) is 1. The maximum atomic E-state index is 13.0. The van der Waals surface area contributed by atoms with Crippen molar-refractivity contribution in [3.05, 3.63) is 59.7 Å². The van der Waals surface area contributed by atoms with Gasteiger partial charge < -0.3 is 14.4 Å². The molecule has 1 aliphatic heterocycles. The molecule has 0 N–H and O–H groups in total. The van der Waals surface area contributed by atoms with Crippen LogP contribution in [0.4, 0.5) is 0 Å². The minimum atomic E-state index is -3.11. The van der Waals surface area contributed by atoms with Crippen molar-refractivity contribution in [1.82, 2.24) is 4.90 Å². The van der Waals surface area contributed by atoms with E-state index in [4.69, 9.17) is 9.47 Å². The van der Waals surface area contributed by atoms with Crippen LogP contribution in [0.25, 0.3) is 0 Å². The van der Waals surface area contributed by atoms with E-state index in [9.17, 15) is 13.2 Å². The van der Waals surface area contributed by atoms with Crippen LogP contribution in [0.2, 0.25) is 0 Å². The molecule has 150 valence electrons. The number of sulfone groups is 1. The van der Waals surface area contributed by atoms with Crippen LogP contribution in [0.1, 0.15) is 17.5 Å². The molecule has 1 atom stereocenters. The molecule has 6 nitrogen and oxygen atoms in total. The largest absolute Gasteiger partial charge is 0.493 e. The van der Waals surface area contributed by atoms with E-state index in [0.29, 0.717) is 24.5 Å². The van der Waals surface area contributed by atoms with E-state index < -0.39 is 9.84 Å². The Morgan fingerprint density at radius 2 is 1.79 bits per heavy atom. The van der Waals surface area contributed by atoms with Gasteiger partial charge in [0.05, 0.1) is 18.6 Å². The van der Waals surface area contributed by atoms with Crippen molar-refractivity contribution in [2.45, 2.75) is 25.9 Å². The third-order valence-electron chi connectivity index (χ3n) is 4.86. The minimum absolute atomic E-state index is 0.000735. The van der Waals surface area contributed by atoms with Gasteiger partial charge in [-0.05, 0) is 31.0 Å². The Hall–Kier alpha value is -2.54. The summed E-state index contributed by atoms with van der Waals surface area (Å²) in [6.45, 7) is 2.18. The molecule has 0 aromatic heterocycles. The molecule has 3 rings (SSSR count). The highest BCUT2D eigenvalue weighted by Gasteiger charge is 2.34. The monoisotopic (exact) mass is 403 g/mol. The second-order valence-electron chi connectivity index (χ2n) is 7.00. The third kappa shape index (κ3) is 5.04. The quantitative estimate of drug-likeness (QED) is 0.711. The van der Waals surface area contributed by atoms with Crippen LogP contribution in [0.5, 0.6) is 11.5 Å². The molecule has 0 aliphatic carbocycles. The summed E-state index contributed by atoms with van der Waals surface area (Å²) < 4.78 is 34.8. The van der Waals surface area contributed by atoms with Crippen molar-refractivity contribution in [2.75, 3.05) is 25.2 Å². The summed E-state index contributed by atoms with van der Waals surface area (Å²) in [7, 11) is -1.57. The van der Waals surface area contributed by atoms with Crippen molar-refractivity contribution in [2.24, 2.45) is 0 Å². The zero-order chi connectivity index (χ0) is 20.1. The lowest BCUT2D eigenvalue weighted by atomic mass is 10.1. The molecule has 2 aromatic carbocycles. The first-order valence-electron chi connectivity index (χ1n) is 9.19. The summed E-state index contributed by atoms with van der Waals surface area (Å²) in [6.07, 6.45) is 0.453. The Morgan fingerprint density at radius 3 is 2.39 bits per heavy atom. The topological polar surface area (TPSA) is 72.9 Å². The second kappa shape index (κ2) is 8.65. The summed E-state index contributed by atoms with van der Waals surface area (Å²) >= 11 is 0. The molecule has 0 saturated carbocycles. The van der Waals surface area contributed by atoms with E-state index in [1.54, 1.807) is 23.1 Å². The Morgan fingerprint density at radius 1 is 1.11 bits per heavy atom. The molecule has 1 heterocycles. The minimum Gasteiger partial charge on any atom is -0.493 e. The normalized spacial score (nSPS) is 17.9. The lowest BCUT2D eigenvalue weighted by molar-refractivity contribution is -0.136. The Balaban J connectivity index is 1.75. The number of methoxy groups -OCH3 is 1. The van der Waals surface area contributed by atoms with Crippen molar-refractivity contribution in [3.63, 3.8) is 0 Å². The van der Waals surface area contributed by atoms with Gasteiger partial charge in [-0.25, -0.2) is 8.42 Å². The highest BCUT2D eigenvalue weighted by Crippen LogP contribution is 2.26. The number of para-hydroxylation sites is 2. The molecule has 1 saturated heterocycles. The summed E-state index contributed by atoms with van der Waals surface area (Å²) in [5.74, 6) is 0.896. The molecular weight excluding hydrogens is 378 g/mol. The zero-order valence-corrected chi connectivity index (χ0v) is 16.9. The summed E-state index contributed by atoms with van der Waals surface area (Å²) in [6, 6.07) is 14.7. The van der Waals surface area contributed by atoms with Crippen LogP contribution in [0.3, 0.4) is 0 Å². The van der Waals surface area contributed by atoms with Gasteiger partial charge in [-0.2, -0.15) is 0 Å². The smallest absolute Gasteiger partial charge is 0.261 e. The number of benzene rings is 2. The van der Waals surface area contributed by atoms with Crippen LogP contribution in [-0.4, -0.2) is 50.5 Å². The molecular formula is C21H25NO5S. The van der Waals surface area contributed by atoms with Gasteiger partial charge in [0.15, 0.2) is 27.9 Å². The predicted octanol–water partition coefficient (Wildman–Crippen LogP) is 2.60. The fourth-order valence-corrected chi connectivity index (χ4v) is 5.02. The van der Waals surface area contributed by atoms with E-state index in [-0.39, 0.29) is 30.1 Å². The molecule has 0 radical (unpaired) electrons. The van der Waals surface area contributed by atoms with Crippen LogP contribution >= 0.6 is 0 Å². The molecule has 1 unspecified atom stereocenters. The molecule has 1 aliphatic rings. The first-order chi connectivity index (χ1) is 13.4. The first kappa shape index (κ1) is 20.2. The summed E-state index contributed by atoms with van der Waals surface area (Å²) in [5.41, 5.74) is 2.09. The predicted molar refractivity (Wildman–Crippen MR) is 107 cm³/mol. The van der Waals surface area contributed by atoms with Crippen molar-refractivity contribution in [3.8, 4) is 11.5 Å². The van der Waals surface area contributed by atoms with E-state index in [1.165, 1.54) is 7.11 Å². The SMILES string of the molecule is COc1ccccc1OCC(=O)N(Cc1ccc(C)cc1)C1CCS(=O)(=O)C1. The fourth-order valence-electron chi connectivity index (χ4n) is 3.29. The van der Waals surface area contributed by atoms with E-state index in [0.717, 1.165) is 11.1 Å². The van der Waals surface area contributed by atoms with E-state index in [1.807, 2.05) is 37.3 Å². The van der Waals surface area contributed by atoms with Crippen molar-refractivity contribution in [1.29, 1.82) is 0 Å².